The van der Waals surface area contributed by atoms with E-state index in [1.54, 1.807) is 18.2 Å². The first-order chi connectivity index (χ1) is 22.9. The van der Waals surface area contributed by atoms with Gasteiger partial charge < -0.3 is 24.4 Å². The summed E-state index contributed by atoms with van der Waals surface area (Å²) < 4.78 is 47.9. The zero-order valence-corrected chi connectivity index (χ0v) is 29.1. The lowest BCUT2D eigenvalue weighted by atomic mass is 9.68. The first-order valence-corrected chi connectivity index (χ1v) is 18.9. The molecule has 0 aromatic heterocycles. The molecule has 2 N–H and O–H groups in total. The molecule has 0 radical (unpaired) electrons. The van der Waals surface area contributed by atoms with Gasteiger partial charge in [-0.25, -0.2) is 17.9 Å². The van der Waals surface area contributed by atoms with Crippen molar-refractivity contribution in [1.82, 2.24) is 10.0 Å². The third kappa shape index (κ3) is 6.78. The van der Waals surface area contributed by atoms with Crippen LogP contribution in [-0.4, -0.2) is 65.0 Å². The molecule has 2 amide bonds. The van der Waals surface area contributed by atoms with E-state index >= 15 is 0 Å². The van der Waals surface area contributed by atoms with Crippen LogP contribution >= 0.6 is 11.6 Å². The number of nitrogens with zero attached hydrogens (tertiary/aromatic N) is 1. The molecule has 1 spiro atoms. The van der Waals surface area contributed by atoms with E-state index in [1.807, 2.05) is 18.2 Å². The summed E-state index contributed by atoms with van der Waals surface area (Å²) in [5.41, 5.74) is 1.29. The molecule has 0 saturated heterocycles. The molecule has 2 saturated carbocycles. The summed E-state index contributed by atoms with van der Waals surface area (Å²) in [4.78, 5) is 28.4. The molecule has 12 heteroatoms. The van der Waals surface area contributed by atoms with Crippen molar-refractivity contribution in [2.45, 2.75) is 80.8 Å². The average molecular weight is 698 g/mol. The van der Waals surface area contributed by atoms with Gasteiger partial charge in [-0.3, -0.25) is 4.79 Å². The lowest BCUT2D eigenvalue weighted by Crippen LogP contribution is -2.50. The molecule has 5 aliphatic rings. The van der Waals surface area contributed by atoms with E-state index in [1.165, 1.54) is 31.0 Å². The second-order valence-corrected chi connectivity index (χ2v) is 16.7. The number of ether oxygens (including phenoxy) is 3. The zero-order valence-electron chi connectivity index (χ0n) is 27.5. The van der Waals surface area contributed by atoms with Crippen molar-refractivity contribution >= 4 is 39.3 Å². The van der Waals surface area contributed by atoms with Crippen LogP contribution in [0.5, 0.6) is 5.75 Å². The molecule has 7 rings (SSSR count). The van der Waals surface area contributed by atoms with Crippen molar-refractivity contribution in [3.8, 4) is 5.75 Å². The van der Waals surface area contributed by atoms with Crippen molar-refractivity contribution < 1.29 is 32.2 Å². The Morgan fingerprint density at radius 3 is 2.75 bits per heavy atom. The predicted octanol–water partition coefficient (Wildman–Crippen LogP) is 5.51. The molecule has 10 nitrogen and oxygen atoms in total. The Kier molecular flexibility index (Phi) is 8.91. The Morgan fingerprint density at radius 1 is 1.15 bits per heavy atom. The van der Waals surface area contributed by atoms with Gasteiger partial charge in [0.15, 0.2) is 0 Å². The van der Waals surface area contributed by atoms with Gasteiger partial charge in [-0.1, -0.05) is 23.7 Å². The quantitative estimate of drug-likeness (QED) is 0.403. The van der Waals surface area contributed by atoms with Crippen LogP contribution in [0.4, 0.5) is 10.5 Å². The van der Waals surface area contributed by atoms with E-state index in [-0.39, 0.29) is 28.8 Å². The minimum absolute atomic E-state index is 0.0310. The first-order valence-electron chi connectivity index (χ1n) is 17.1. The molecule has 258 valence electrons. The van der Waals surface area contributed by atoms with Crippen LogP contribution in [0.2, 0.25) is 5.02 Å². The summed E-state index contributed by atoms with van der Waals surface area (Å²) in [5, 5.41) is 3.63. The third-order valence-corrected chi connectivity index (χ3v) is 12.4. The van der Waals surface area contributed by atoms with Crippen LogP contribution in [0.3, 0.4) is 0 Å². The van der Waals surface area contributed by atoms with Crippen LogP contribution in [0.1, 0.15) is 63.5 Å². The molecule has 48 heavy (non-hydrogen) atoms. The van der Waals surface area contributed by atoms with Crippen molar-refractivity contribution in [1.29, 1.82) is 0 Å². The van der Waals surface area contributed by atoms with Gasteiger partial charge in [0.2, 0.25) is 0 Å². The number of rotatable bonds is 3. The van der Waals surface area contributed by atoms with E-state index in [9.17, 15) is 18.0 Å². The molecular weight excluding hydrogens is 654 g/mol. The van der Waals surface area contributed by atoms with Crippen LogP contribution in [-0.2, 0) is 36.1 Å². The molecule has 2 aromatic carbocycles. The van der Waals surface area contributed by atoms with E-state index in [4.69, 9.17) is 25.8 Å². The van der Waals surface area contributed by atoms with Gasteiger partial charge in [0, 0.05) is 36.0 Å². The van der Waals surface area contributed by atoms with Crippen LogP contribution in [0.25, 0.3) is 0 Å². The molecule has 2 heterocycles. The molecule has 2 aromatic rings. The predicted molar refractivity (Wildman–Crippen MR) is 182 cm³/mol. The summed E-state index contributed by atoms with van der Waals surface area (Å²) in [6.45, 7) is 5.36. The maximum Gasteiger partial charge on any atom is 0.407 e. The SMILES string of the molecule is CC1(C)OC/C=C/[C@H](OC(=O)NCC2CC2)[C@@H]2CC[C@H]2CN2C[C@@]3(CCCc4cc(Cl)ccc43)COc3ccc(cc32)S(=O)(=O)NC1=O. The van der Waals surface area contributed by atoms with Crippen molar-refractivity contribution in [2.24, 2.45) is 17.8 Å². The normalized spacial score (nSPS) is 29.9. The lowest BCUT2D eigenvalue weighted by molar-refractivity contribution is -0.139. The number of carbonyl (C=O) groups is 2. The van der Waals surface area contributed by atoms with Gasteiger partial charge in [-0.15, -0.1) is 0 Å². The smallest absolute Gasteiger partial charge is 0.407 e. The van der Waals surface area contributed by atoms with Crippen molar-refractivity contribution in [3.63, 3.8) is 0 Å². The number of fused-ring (bicyclic) bond motifs is 4. The lowest BCUT2D eigenvalue weighted by Gasteiger charge is -2.46. The van der Waals surface area contributed by atoms with E-state index < -0.39 is 33.7 Å². The molecular formula is C36H44ClN3O7S. The number of halogens is 1. The van der Waals surface area contributed by atoms with Crippen LogP contribution in [0, 0.1) is 17.8 Å². The van der Waals surface area contributed by atoms with Crippen molar-refractivity contribution in [3.05, 3.63) is 64.7 Å². The highest BCUT2D eigenvalue weighted by Crippen LogP contribution is 2.47. The number of sulfonamides is 1. The number of anilines is 1. The molecule has 4 atom stereocenters. The van der Waals surface area contributed by atoms with E-state index in [0.717, 1.165) is 44.9 Å². The largest absolute Gasteiger partial charge is 0.490 e. The standard InChI is InChI=1S/C36H44ClN3O7S/c1-35(2)33(41)39-48(43,44)27-11-14-32-30(18-27)40(21-36(22-45-32)15-3-5-24-17-26(37)10-13-29(24)36)20-25-9-12-28(25)31(6-4-16-46-35)47-34(42)38-19-23-7-8-23/h4,6,10-11,13-14,17-18,23,25,28,31H,3,5,7-9,12,15-16,19-22H2,1-2H3,(H,38,42)(H,39,41)/b6-4+/t25-,28+,31-,36-/m0/s1. The number of benzene rings is 2. The summed E-state index contributed by atoms with van der Waals surface area (Å²) in [6.07, 6.45) is 9.57. The van der Waals surface area contributed by atoms with Gasteiger partial charge in [0.1, 0.15) is 17.5 Å². The summed E-state index contributed by atoms with van der Waals surface area (Å²) >= 11 is 6.42. The molecule has 2 aliphatic heterocycles. The number of nitrogens with one attached hydrogen (secondary N) is 2. The molecule has 2 bridgehead atoms. The molecule has 2 fully saturated rings. The minimum Gasteiger partial charge on any atom is -0.490 e. The Bertz CT molecular complexity index is 1730. The zero-order chi connectivity index (χ0) is 33.7. The highest BCUT2D eigenvalue weighted by molar-refractivity contribution is 7.90. The maximum atomic E-state index is 13.6. The van der Waals surface area contributed by atoms with Crippen LogP contribution < -0.4 is 19.7 Å². The molecule has 3 aliphatic carbocycles. The second kappa shape index (κ2) is 12.9. The summed E-state index contributed by atoms with van der Waals surface area (Å²) in [7, 11) is -4.23. The summed E-state index contributed by atoms with van der Waals surface area (Å²) in [6, 6.07) is 10.9. The van der Waals surface area contributed by atoms with E-state index in [2.05, 4.69) is 21.0 Å². The minimum atomic E-state index is -4.23. The van der Waals surface area contributed by atoms with Gasteiger partial charge in [0.25, 0.3) is 15.9 Å². The maximum absolute atomic E-state index is 13.6. The average Bonchev–Trinajstić information content (AvgIpc) is 3.87. The Labute approximate surface area is 287 Å². The monoisotopic (exact) mass is 697 g/mol. The van der Waals surface area contributed by atoms with Crippen molar-refractivity contribution in [2.75, 3.05) is 37.7 Å². The highest BCUT2D eigenvalue weighted by Gasteiger charge is 2.45. The second-order valence-electron chi connectivity index (χ2n) is 14.6. The van der Waals surface area contributed by atoms with Gasteiger partial charge >= 0.3 is 6.09 Å². The first kappa shape index (κ1) is 33.2. The van der Waals surface area contributed by atoms with Crippen LogP contribution in [0.15, 0.2) is 53.4 Å². The fraction of sp³-hybridized carbons (Fsp3) is 0.556. The molecule has 0 unspecified atom stereocenters. The fourth-order valence-corrected chi connectivity index (χ4v) is 8.91. The third-order valence-electron chi connectivity index (χ3n) is 10.8. The Morgan fingerprint density at radius 2 is 1.98 bits per heavy atom. The van der Waals surface area contributed by atoms with Gasteiger partial charge in [0.05, 0.1) is 23.8 Å². The number of hydrogen-bond acceptors (Lipinski definition) is 8. The van der Waals surface area contributed by atoms with E-state index in [0.29, 0.717) is 48.6 Å². The number of hydrogen-bond donors (Lipinski definition) is 2. The van der Waals surface area contributed by atoms with Gasteiger partial charge in [-0.05, 0) is 118 Å². The Balaban J connectivity index is 1.27. The Hall–Kier alpha value is -3.28. The fourth-order valence-electron chi connectivity index (χ4n) is 7.60. The highest BCUT2D eigenvalue weighted by atomic mass is 35.5. The topological polar surface area (TPSA) is 123 Å². The number of amides is 2. The number of carbonyl (C=O) groups excluding carboxylic acids is 2. The summed E-state index contributed by atoms with van der Waals surface area (Å²) in [5.74, 6) is 0.540. The number of alkyl carbamates (subject to hydrolysis) is 1. The number of aryl methyl sites for hydroxylation is 1. The van der Waals surface area contributed by atoms with Gasteiger partial charge in [-0.2, -0.15) is 0 Å².